The van der Waals surface area contributed by atoms with Gasteiger partial charge in [-0.3, -0.25) is 4.90 Å². The van der Waals surface area contributed by atoms with Crippen molar-refractivity contribution in [3.05, 3.63) is 42.5 Å². The molecule has 0 spiro atoms. The third kappa shape index (κ3) is 4.19. The SMILES string of the molecule is O=S(=O)(c1cccc2ccccc12)N1CCN(CCOCCO)CC1. The van der Waals surface area contributed by atoms with Gasteiger partial charge in [-0.2, -0.15) is 4.31 Å². The molecule has 0 amide bonds. The molecule has 1 saturated heterocycles. The van der Waals surface area contributed by atoms with Gasteiger partial charge in [-0.25, -0.2) is 8.42 Å². The summed E-state index contributed by atoms with van der Waals surface area (Å²) in [5.74, 6) is 0. The number of sulfonamides is 1. The molecule has 25 heavy (non-hydrogen) atoms. The van der Waals surface area contributed by atoms with Crippen molar-refractivity contribution in [2.24, 2.45) is 0 Å². The second-order valence-corrected chi connectivity index (χ2v) is 7.97. The van der Waals surface area contributed by atoms with Crippen LogP contribution in [0.3, 0.4) is 0 Å². The van der Waals surface area contributed by atoms with E-state index in [1.54, 1.807) is 16.4 Å². The van der Waals surface area contributed by atoms with Gasteiger partial charge >= 0.3 is 0 Å². The Morgan fingerprint density at radius 2 is 1.68 bits per heavy atom. The Balaban J connectivity index is 1.68. The van der Waals surface area contributed by atoms with Crippen LogP contribution in [0.25, 0.3) is 10.8 Å². The molecule has 0 saturated carbocycles. The number of hydrogen-bond donors (Lipinski definition) is 1. The Kier molecular flexibility index (Phi) is 6.03. The van der Waals surface area contributed by atoms with E-state index in [1.807, 2.05) is 30.3 Å². The van der Waals surface area contributed by atoms with Crippen LogP contribution in [-0.4, -0.2) is 75.3 Å². The minimum Gasteiger partial charge on any atom is -0.394 e. The van der Waals surface area contributed by atoms with Crippen molar-refractivity contribution in [2.75, 3.05) is 52.5 Å². The molecule has 0 aromatic heterocycles. The average Bonchev–Trinajstić information content (AvgIpc) is 2.65. The highest BCUT2D eigenvalue weighted by atomic mass is 32.2. The summed E-state index contributed by atoms with van der Waals surface area (Å²) in [6, 6.07) is 13.0. The topological polar surface area (TPSA) is 70.1 Å². The molecule has 2 aromatic carbocycles. The third-order valence-electron chi connectivity index (χ3n) is 4.49. The summed E-state index contributed by atoms with van der Waals surface area (Å²) in [7, 11) is -3.50. The van der Waals surface area contributed by atoms with E-state index >= 15 is 0 Å². The van der Waals surface area contributed by atoms with Gasteiger partial charge in [0.2, 0.25) is 10.0 Å². The molecule has 1 heterocycles. The Morgan fingerprint density at radius 1 is 0.960 bits per heavy atom. The van der Waals surface area contributed by atoms with E-state index in [0.717, 1.165) is 17.3 Å². The first-order valence-electron chi connectivity index (χ1n) is 8.52. The van der Waals surface area contributed by atoms with E-state index in [-0.39, 0.29) is 6.61 Å². The Hall–Kier alpha value is -1.51. The monoisotopic (exact) mass is 364 g/mol. The zero-order valence-electron chi connectivity index (χ0n) is 14.2. The zero-order chi connectivity index (χ0) is 17.7. The van der Waals surface area contributed by atoms with Crippen LogP contribution in [0.2, 0.25) is 0 Å². The van der Waals surface area contributed by atoms with Gasteiger partial charge in [-0.1, -0.05) is 36.4 Å². The van der Waals surface area contributed by atoms with Gasteiger partial charge in [0, 0.05) is 38.1 Å². The first-order valence-corrected chi connectivity index (χ1v) is 9.96. The summed E-state index contributed by atoms with van der Waals surface area (Å²) in [5, 5.41) is 10.4. The molecular weight excluding hydrogens is 340 g/mol. The number of nitrogens with zero attached hydrogens (tertiary/aromatic N) is 2. The predicted octanol–water partition coefficient (Wildman–Crippen LogP) is 1.16. The van der Waals surface area contributed by atoms with E-state index in [9.17, 15) is 8.42 Å². The fraction of sp³-hybridized carbons (Fsp3) is 0.444. The van der Waals surface area contributed by atoms with Crippen molar-refractivity contribution >= 4 is 20.8 Å². The van der Waals surface area contributed by atoms with Crippen LogP contribution < -0.4 is 0 Å². The molecule has 6 nitrogen and oxygen atoms in total. The van der Waals surface area contributed by atoms with Crippen molar-refractivity contribution in [2.45, 2.75) is 4.90 Å². The van der Waals surface area contributed by atoms with Crippen molar-refractivity contribution in [3.8, 4) is 0 Å². The molecule has 0 atom stereocenters. The van der Waals surface area contributed by atoms with Gasteiger partial charge in [0.25, 0.3) is 0 Å². The second-order valence-electron chi connectivity index (χ2n) is 6.06. The highest BCUT2D eigenvalue weighted by molar-refractivity contribution is 7.89. The maximum absolute atomic E-state index is 13.1. The summed E-state index contributed by atoms with van der Waals surface area (Å²) in [6.45, 7) is 4.00. The molecule has 1 N–H and O–H groups in total. The van der Waals surface area contributed by atoms with Crippen LogP contribution in [-0.2, 0) is 14.8 Å². The maximum Gasteiger partial charge on any atom is 0.243 e. The van der Waals surface area contributed by atoms with Crippen molar-refractivity contribution in [1.29, 1.82) is 0 Å². The first kappa shape index (κ1) is 18.3. The van der Waals surface area contributed by atoms with Gasteiger partial charge < -0.3 is 9.84 Å². The van der Waals surface area contributed by atoms with Gasteiger partial charge in [0.1, 0.15) is 0 Å². The van der Waals surface area contributed by atoms with Crippen molar-refractivity contribution < 1.29 is 18.3 Å². The Morgan fingerprint density at radius 3 is 2.44 bits per heavy atom. The van der Waals surface area contributed by atoms with Crippen LogP contribution in [0.1, 0.15) is 0 Å². The second kappa shape index (κ2) is 8.25. The molecule has 1 fully saturated rings. The fourth-order valence-electron chi connectivity index (χ4n) is 3.11. The van der Waals surface area contributed by atoms with E-state index < -0.39 is 10.0 Å². The minimum absolute atomic E-state index is 0.0249. The number of aliphatic hydroxyl groups is 1. The number of benzene rings is 2. The van der Waals surface area contributed by atoms with Gasteiger partial charge in [-0.05, 0) is 11.5 Å². The molecule has 0 aliphatic carbocycles. The molecule has 0 bridgehead atoms. The Labute approximate surface area is 148 Å². The lowest BCUT2D eigenvalue weighted by Gasteiger charge is -2.34. The van der Waals surface area contributed by atoms with Gasteiger partial charge in [0.05, 0.1) is 24.7 Å². The molecular formula is C18H24N2O4S. The smallest absolute Gasteiger partial charge is 0.243 e. The molecule has 136 valence electrons. The molecule has 3 rings (SSSR count). The zero-order valence-corrected chi connectivity index (χ0v) is 15.0. The fourth-order valence-corrected chi connectivity index (χ4v) is 4.75. The van der Waals surface area contributed by atoms with Crippen LogP contribution in [0.4, 0.5) is 0 Å². The quantitative estimate of drug-likeness (QED) is 0.747. The molecule has 0 unspecified atom stereocenters. The first-order chi connectivity index (χ1) is 12.1. The summed E-state index contributed by atoms with van der Waals surface area (Å²) in [6.07, 6.45) is 0. The van der Waals surface area contributed by atoms with Gasteiger partial charge in [0.15, 0.2) is 0 Å². The van der Waals surface area contributed by atoms with E-state index in [2.05, 4.69) is 4.90 Å². The highest BCUT2D eigenvalue weighted by Gasteiger charge is 2.29. The molecule has 0 radical (unpaired) electrons. The lowest BCUT2D eigenvalue weighted by Crippen LogP contribution is -2.49. The van der Waals surface area contributed by atoms with Crippen LogP contribution >= 0.6 is 0 Å². The number of piperazine rings is 1. The van der Waals surface area contributed by atoms with E-state index in [4.69, 9.17) is 9.84 Å². The molecule has 1 aliphatic rings. The standard InChI is InChI=1S/C18H24N2O4S/c21-13-15-24-14-12-19-8-10-20(11-9-19)25(22,23)18-7-3-5-16-4-1-2-6-17(16)18/h1-7,21H,8-15H2. The van der Waals surface area contributed by atoms with Crippen LogP contribution in [0.15, 0.2) is 47.4 Å². The van der Waals surface area contributed by atoms with Crippen molar-refractivity contribution in [3.63, 3.8) is 0 Å². The number of hydrogen-bond acceptors (Lipinski definition) is 5. The van der Waals surface area contributed by atoms with E-state index in [1.165, 1.54) is 0 Å². The highest BCUT2D eigenvalue weighted by Crippen LogP contribution is 2.26. The third-order valence-corrected chi connectivity index (χ3v) is 6.44. The van der Waals surface area contributed by atoms with Crippen LogP contribution in [0, 0.1) is 0 Å². The minimum atomic E-state index is -3.50. The molecule has 2 aromatic rings. The predicted molar refractivity (Wildman–Crippen MR) is 97.1 cm³/mol. The number of rotatable bonds is 7. The average molecular weight is 364 g/mol. The summed E-state index contributed by atoms with van der Waals surface area (Å²) < 4.78 is 33.0. The number of fused-ring (bicyclic) bond motifs is 1. The van der Waals surface area contributed by atoms with Gasteiger partial charge in [-0.15, -0.1) is 0 Å². The summed E-state index contributed by atoms with van der Waals surface area (Å²) in [5.41, 5.74) is 0. The summed E-state index contributed by atoms with van der Waals surface area (Å²) >= 11 is 0. The number of ether oxygens (including phenoxy) is 1. The normalized spacial score (nSPS) is 17.2. The summed E-state index contributed by atoms with van der Waals surface area (Å²) in [4.78, 5) is 2.57. The van der Waals surface area contributed by atoms with Crippen molar-refractivity contribution in [1.82, 2.24) is 9.21 Å². The molecule has 7 heteroatoms. The maximum atomic E-state index is 13.1. The number of aliphatic hydroxyl groups excluding tert-OH is 1. The molecule has 1 aliphatic heterocycles. The van der Waals surface area contributed by atoms with Crippen LogP contribution in [0.5, 0.6) is 0 Å². The lowest BCUT2D eigenvalue weighted by atomic mass is 10.1. The van der Waals surface area contributed by atoms with E-state index in [0.29, 0.717) is 44.3 Å². The largest absolute Gasteiger partial charge is 0.394 e. The Bertz CT molecular complexity index is 796. The lowest BCUT2D eigenvalue weighted by molar-refractivity contribution is 0.0661.